The number of rotatable bonds is 7. The monoisotopic (exact) mass is 353 g/mol. The number of carbonyl (C=O) groups excluding carboxylic acids is 3. The summed E-state index contributed by atoms with van der Waals surface area (Å²) >= 11 is 0. The molecule has 6 nitrogen and oxygen atoms in total. The average Bonchev–Trinajstić information content (AvgIpc) is 2.76. The summed E-state index contributed by atoms with van der Waals surface area (Å²) in [6.45, 7) is 4.77. The minimum absolute atomic E-state index is 0. The lowest BCUT2D eigenvalue weighted by atomic mass is 10.1. The number of carbonyl (C=O) groups is 3. The summed E-state index contributed by atoms with van der Waals surface area (Å²) in [6.07, 6.45) is 2.36. The lowest BCUT2D eigenvalue weighted by molar-refractivity contribution is 0.0652. The van der Waals surface area contributed by atoms with Crippen LogP contribution in [0.15, 0.2) is 18.2 Å². The van der Waals surface area contributed by atoms with Gasteiger partial charge in [0.1, 0.15) is 0 Å². The molecule has 3 amide bonds. The third-order valence-electron chi connectivity index (χ3n) is 3.85. The number of halogens is 1. The second-order valence-electron chi connectivity index (χ2n) is 5.90. The molecule has 1 unspecified atom stereocenters. The number of amides is 3. The highest BCUT2D eigenvalue weighted by Gasteiger charge is 2.35. The molecule has 7 heteroatoms. The van der Waals surface area contributed by atoms with Crippen molar-refractivity contribution in [3.05, 3.63) is 34.9 Å². The molecule has 2 rings (SSSR count). The molecule has 0 bridgehead atoms. The summed E-state index contributed by atoms with van der Waals surface area (Å²) < 4.78 is 0. The van der Waals surface area contributed by atoms with E-state index < -0.39 is 0 Å². The van der Waals surface area contributed by atoms with Crippen LogP contribution in [0, 0.1) is 0 Å². The Morgan fingerprint density at radius 1 is 1.25 bits per heavy atom. The van der Waals surface area contributed by atoms with Crippen molar-refractivity contribution >= 4 is 30.1 Å². The second-order valence-corrected chi connectivity index (χ2v) is 5.90. The Morgan fingerprint density at radius 3 is 2.54 bits per heavy atom. The van der Waals surface area contributed by atoms with Gasteiger partial charge in [0.2, 0.25) is 0 Å². The number of hydrogen-bond donors (Lipinski definition) is 2. The summed E-state index contributed by atoms with van der Waals surface area (Å²) in [7, 11) is 0. The number of unbranched alkanes of at least 4 members (excludes halogenated alkanes) is 1. The molecule has 1 aromatic rings. The molecule has 24 heavy (non-hydrogen) atoms. The molecule has 0 aliphatic carbocycles. The zero-order valence-corrected chi connectivity index (χ0v) is 14.8. The number of imide groups is 1. The quantitative estimate of drug-likeness (QED) is 0.733. The first kappa shape index (κ1) is 20.1. The van der Waals surface area contributed by atoms with Gasteiger partial charge in [-0.3, -0.25) is 19.3 Å². The van der Waals surface area contributed by atoms with E-state index in [0.717, 1.165) is 12.8 Å². The van der Waals surface area contributed by atoms with Gasteiger partial charge in [0.05, 0.1) is 11.1 Å². The Bertz CT molecular complexity index is 632. The Labute approximate surface area is 148 Å². The fourth-order valence-electron chi connectivity index (χ4n) is 2.47. The highest BCUT2D eigenvalue weighted by molar-refractivity contribution is 6.22. The van der Waals surface area contributed by atoms with Crippen LogP contribution in [0.5, 0.6) is 0 Å². The summed E-state index contributed by atoms with van der Waals surface area (Å²) in [6, 6.07) is 4.65. The summed E-state index contributed by atoms with van der Waals surface area (Å²) in [5, 5.41) is 2.76. The molecule has 0 aromatic heterocycles. The van der Waals surface area contributed by atoms with Crippen LogP contribution in [-0.4, -0.2) is 41.8 Å². The lowest BCUT2D eigenvalue weighted by Gasteiger charge is -2.12. The normalized spacial score (nSPS) is 14.2. The predicted molar refractivity (Wildman–Crippen MR) is 94.6 cm³/mol. The SMILES string of the molecule is CCCCN1C(=O)c2ccc(C(=O)NCCC(C)N)cc2C1=O.Cl. The highest BCUT2D eigenvalue weighted by Crippen LogP contribution is 2.24. The van der Waals surface area contributed by atoms with Gasteiger partial charge >= 0.3 is 0 Å². The Kier molecular flexibility index (Phi) is 7.38. The zero-order chi connectivity index (χ0) is 17.0. The first-order chi connectivity index (χ1) is 11.0. The molecule has 1 aliphatic rings. The summed E-state index contributed by atoms with van der Waals surface area (Å²) in [5.41, 5.74) is 6.71. The van der Waals surface area contributed by atoms with Crippen molar-refractivity contribution in [2.45, 2.75) is 39.2 Å². The standard InChI is InChI=1S/C17H23N3O3.ClH/c1-3-4-9-20-16(22)13-6-5-12(10-14(13)17(20)23)15(21)19-8-7-11(2)18;/h5-6,10-11H,3-4,7-9,18H2,1-2H3,(H,19,21);1H. The Hall–Kier alpha value is -1.92. The molecule has 1 aliphatic heterocycles. The van der Waals surface area contributed by atoms with Gasteiger partial charge in [-0.15, -0.1) is 12.4 Å². The van der Waals surface area contributed by atoms with E-state index >= 15 is 0 Å². The lowest BCUT2D eigenvalue weighted by Crippen LogP contribution is -2.30. The summed E-state index contributed by atoms with van der Waals surface area (Å²) in [4.78, 5) is 37.9. The molecule has 0 radical (unpaired) electrons. The van der Waals surface area contributed by atoms with Crippen LogP contribution in [0.3, 0.4) is 0 Å². The number of nitrogens with one attached hydrogen (secondary N) is 1. The zero-order valence-electron chi connectivity index (χ0n) is 14.0. The van der Waals surface area contributed by atoms with Crippen LogP contribution >= 0.6 is 12.4 Å². The topological polar surface area (TPSA) is 92.5 Å². The average molecular weight is 354 g/mol. The molecule has 1 aromatic carbocycles. The molecule has 0 saturated carbocycles. The van der Waals surface area contributed by atoms with Crippen LogP contribution in [0.2, 0.25) is 0 Å². The van der Waals surface area contributed by atoms with Crippen molar-refractivity contribution in [3.63, 3.8) is 0 Å². The van der Waals surface area contributed by atoms with E-state index in [9.17, 15) is 14.4 Å². The van der Waals surface area contributed by atoms with Crippen LogP contribution in [0.4, 0.5) is 0 Å². The molecular formula is C17H24ClN3O3. The van der Waals surface area contributed by atoms with Crippen molar-refractivity contribution in [1.29, 1.82) is 0 Å². The van der Waals surface area contributed by atoms with Crippen molar-refractivity contribution in [1.82, 2.24) is 10.2 Å². The maximum Gasteiger partial charge on any atom is 0.261 e. The molecule has 0 saturated heterocycles. The van der Waals surface area contributed by atoms with Crippen molar-refractivity contribution in [3.8, 4) is 0 Å². The van der Waals surface area contributed by atoms with Crippen LogP contribution in [0.1, 0.15) is 64.2 Å². The number of hydrogen-bond acceptors (Lipinski definition) is 4. The van der Waals surface area contributed by atoms with E-state index in [1.54, 1.807) is 12.1 Å². The first-order valence-corrected chi connectivity index (χ1v) is 7.99. The number of nitrogens with zero attached hydrogens (tertiary/aromatic N) is 1. The number of benzene rings is 1. The Balaban J connectivity index is 0.00000288. The molecule has 0 spiro atoms. The molecule has 3 N–H and O–H groups in total. The van der Waals surface area contributed by atoms with Crippen LogP contribution in [-0.2, 0) is 0 Å². The smallest absolute Gasteiger partial charge is 0.261 e. The summed E-state index contributed by atoms with van der Waals surface area (Å²) in [5.74, 6) is -0.855. The molecule has 1 heterocycles. The molecule has 1 atom stereocenters. The van der Waals surface area contributed by atoms with Crippen molar-refractivity contribution in [2.75, 3.05) is 13.1 Å². The third kappa shape index (κ3) is 4.33. The van der Waals surface area contributed by atoms with Gasteiger partial charge in [0.25, 0.3) is 17.7 Å². The molecule has 132 valence electrons. The predicted octanol–water partition coefficient (Wildman–Crippen LogP) is 1.97. The van der Waals surface area contributed by atoms with E-state index in [0.29, 0.717) is 36.2 Å². The second kappa shape index (κ2) is 8.80. The van der Waals surface area contributed by atoms with E-state index in [1.165, 1.54) is 11.0 Å². The van der Waals surface area contributed by atoms with Crippen LogP contribution < -0.4 is 11.1 Å². The molecule has 0 fully saturated rings. The van der Waals surface area contributed by atoms with Crippen molar-refractivity contribution < 1.29 is 14.4 Å². The highest BCUT2D eigenvalue weighted by atomic mass is 35.5. The fourth-order valence-corrected chi connectivity index (χ4v) is 2.47. The minimum atomic E-state index is -0.316. The van der Waals surface area contributed by atoms with Crippen molar-refractivity contribution in [2.24, 2.45) is 5.73 Å². The maximum absolute atomic E-state index is 12.3. The van der Waals surface area contributed by atoms with Gasteiger partial charge in [0.15, 0.2) is 0 Å². The van der Waals surface area contributed by atoms with E-state index in [4.69, 9.17) is 5.73 Å². The Morgan fingerprint density at radius 2 is 1.92 bits per heavy atom. The maximum atomic E-state index is 12.3. The third-order valence-corrected chi connectivity index (χ3v) is 3.85. The van der Waals surface area contributed by atoms with Crippen LogP contribution in [0.25, 0.3) is 0 Å². The van der Waals surface area contributed by atoms with Gasteiger partial charge in [-0.2, -0.15) is 0 Å². The van der Waals surface area contributed by atoms with E-state index in [2.05, 4.69) is 5.32 Å². The number of fused-ring (bicyclic) bond motifs is 1. The fraction of sp³-hybridized carbons (Fsp3) is 0.471. The minimum Gasteiger partial charge on any atom is -0.352 e. The van der Waals surface area contributed by atoms with E-state index in [1.807, 2.05) is 13.8 Å². The van der Waals surface area contributed by atoms with Gasteiger partial charge in [-0.1, -0.05) is 13.3 Å². The number of nitrogens with two attached hydrogens (primary N) is 1. The van der Waals surface area contributed by atoms with Gasteiger partial charge in [-0.05, 0) is 38.0 Å². The van der Waals surface area contributed by atoms with E-state index in [-0.39, 0.29) is 36.2 Å². The van der Waals surface area contributed by atoms with Gasteiger partial charge in [0, 0.05) is 24.7 Å². The molecular weight excluding hydrogens is 330 g/mol. The largest absolute Gasteiger partial charge is 0.352 e. The van der Waals surface area contributed by atoms with Gasteiger partial charge in [-0.25, -0.2) is 0 Å². The van der Waals surface area contributed by atoms with Gasteiger partial charge < -0.3 is 11.1 Å². The first-order valence-electron chi connectivity index (χ1n) is 7.99.